The molecule has 2 unspecified atom stereocenters. The normalized spacial score (nSPS) is 33.1. The lowest BCUT2D eigenvalue weighted by Gasteiger charge is -2.43. The Kier molecular flexibility index (Phi) is 6.75. The number of rotatable bonds is 5. The monoisotopic (exact) mass is 323 g/mol. The predicted molar refractivity (Wildman–Crippen MR) is 95.7 cm³/mol. The van der Waals surface area contributed by atoms with E-state index < -0.39 is 0 Å². The van der Waals surface area contributed by atoms with E-state index >= 15 is 0 Å². The number of aliphatic hydroxyl groups excluding tert-OH is 1. The Morgan fingerprint density at radius 2 is 1.48 bits per heavy atom. The molecule has 0 bridgehead atoms. The van der Waals surface area contributed by atoms with Crippen LogP contribution in [-0.2, 0) is 0 Å². The maximum absolute atomic E-state index is 10.3. The summed E-state index contributed by atoms with van der Waals surface area (Å²) >= 11 is 0. The molecule has 2 aliphatic heterocycles. The highest BCUT2D eigenvalue weighted by Crippen LogP contribution is 2.26. The van der Waals surface area contributed by atoms with E-state index in [1.807, 2.05) is 0 Å². The fraction of sp³-hybridized carbons (Fsp3) is 1.00. The third-order valence-corrected chi connectivity index (χ3v) is 6.29. The second-order valence-electron chi connectivity index (χ2n) is 8.01. The van der Waals surface area contributed by atoms with Crippen molar-refractivity contribution >= 4 is 0 Å². The number of nitrogens with one attached hydrogen (secondary N) is 1. The SMILES string of the molecule is CCCN1CCC(NC2CCN(C3CCCCC3O)CC2)CC1. The molecule has 4 heteroatoms. The highest BCUT2D eigenvalue weighted by atomic mass is 16.3. The second kappa shape index (κ2) is 8.80. The van der Waals surface area contributed by atoms with E-state index in [0.717, 1.165) is 12.5 Å². The summed E-state index contributed by atoms with van der Waals surface area (Å²) in [6.45, 7) is 8.45. The third-order valence-electron chi connectivity index (χ3n) is 6.29. The van der Waals surface area contributed by atoms with Gasteiger partial charge in [0.15, 0.2) is 0 Å². The zero-order valence-corrected chi connectivity index (χ0v) is 15.1. The van der Waals surface area contributed by atoms with Crippen LogP contribution >= 0.6 is 0 Å². The molecule has 2 atom stereocenters. The average molecular weight is 324 g/mol. The molecule has 0 aromatic rings. The smallest absolute Gasteiger partial charge is 0.0695 e. The standard InChI is InChI=1S/C19H37N3O/c1-2-11-21-12-7-16(8-13-21)20-17-9-14-22(15-10-17)18-5-3-4-6-19(18)23/h16-20,23H,2-15H2,1H3. The van der Waals surface area contributed by atoms with Gasteiger partial charge in [0.1, 0.15) is 0 Å². The van der Waals surface area contributed by atoms with Crippen LogP contribution in [0.15, 0.2) is 0 Å². The van der Waals surface area contributed by atoms with Crippen LogP contribution in [-0.4, -0.2) is 71.9 Å². The number of hydrogen-bond acceptors (Lipinski definition) is 4. The maximum Gasteiger partial charge on any atom is 0.0695 e. The Labute approximate surface area is 142 Å². The molecule has 2 saturated heterocycles. The second-order valence-corrected chi connectivity index (χ2v) is 8.01. The molecule has 0 radical (unpaired) electrons. The van der Waals surface area contributed by atoms with Gasteiger partial charge in [-0.3, -0.25) is 4.90 Å². The van der Waals surface area contributed by atoms with Crippen LogP contribution in [0.3, 0.4) is 0 Å². The number of likely N-dealkylation sites (tertiary alicyclic amines) is 2. The van der Waals surface area contributed by atoms with Gasteiger partial charge in [0.05, 0.1) is 6.10 Å². The lowest BCUT2D eigenvalue weighted by atomic mass is 9.89. The molecular formula is C19H37N3O. The van der Waals surface area contributed by atoms with E-state index in [4.69, 9.17) is 0 Å². The molecular weight excluding hydrogens is 286 g/mol. The van der Waals surface area contributed by atoms with Gasteiger partial charge in [0.2, 0.25) is 0 Å². The largest absolute Gasteiger partial charge is 0.391 e. The first-order valence-corrected chi connectivity index (χ1v) is 10.2. The van der Waals surface area contributed by atoms with Crippen molar-refractivity contribution in [2.75, 3.05) is 32.7 Å². The fourth-order valence-corrected chi connectivity index (χ4v) is 4.89. The first-order valence-electron chi connectivity index (χ1n) is 10.2. The lowest BCUT2D eigenvalue weighted by molar-refractivity contribution is 0.00609. The van der Waals surface area contributed by atoms with Crippen LogP contribution in [0.1, 0.15) is 64.7 Å². The Morgan fingerprint density at radius 3 is 2.09 bits per heavy atom. The van der Waals surface area contributed by atoms with Crippen LogP contribution in [0.5, 0.6) is 0 Å². The van der Waals surface area contributed by atoms with Crippen molar-refractivity contribution in [2.45, 2.75) is 88.9 Å². The summed E-state index contributed by atoms with van der Waals surface area (Å²) < 4.78 is 0. The van der Waals surface area contributed by atoms with E-state index in [0.29, 0.717) is 12.1 Å². The first kappa shape index (κ1) is 17.7. The number of aliphatic hydroxyl groups is 1. The van der Waals surface area contributed by atoms with Gasteiger partial charge in [0, 0.05) is 31.2 Å². The topological polar surface area (TPSA) is 38.7 Å². The molecule has 1 saturated carbocycles. The summed E-state index contributed by atoms with van der Waals surface area (Å²) in [5.74, 6) is 0. The minimum Gasteiger partial charge on any atom is -0.391 e. The van der Waals surface area contributed by atoms with E-state index in [1.165, 1.54) is 84.1 Å². The molecule has 23 heavy (non-hydrogen) atoms. The molecule has 3 fully saturated rings. The summed E-state index contributed by atoms with van der Waals surface area (Å²) in [5, 5.41) is 14.2. The molecule has 2 N–H and O–H groups in total. The lowest BCUT2D eigenvalue weighted by Crippen LogP contribution is -2.53. The molecule has 0 amide bonds. The highest BCUT2D eigenvalue weighted by molar-refractivity contribution is 4.89. The number of hydrogen-bond donors (Lipinski definition) is 2. The van der Waals surface area contributed by atoms with E-state index in [9.17, 15) is 5.11 Å². The Hall–Kier alpha value is -0.160. The maximum atomic E-state index is 10.3. The van der Waals surface area contributed by atoms with Crippen molar-refractivity contribution in [3.8, 4) is 0 Å². The quantitative estimate of drug-likeness (QED) is 0.814. The molecule has 0 aromatic heterocycles. The molecule has 134 valence electrons. The number of nitrogens with zero attached hydrogens (tertiary/aromatic N) is 2. The van der Waals surface area contributed by atoms with Gasteiger partial charge >= 0.3 is 0 Å². The van der Waals surface area contributed by atoms with Crippen LogP contribution in [0, 0.1) is 0 Å². The molecule has 3 rings (SSSR count). The van der Waals surface area contributed by atoms with Gasteiger partial charge in [-0.25, -0.2) is 0 Å². The van der Waals surface area contributed by atoms with Crippen molar-refractivity contribution < 1.29 is 5.11 Å². The fourth-order valence-electron chi connectivity index (χ4n) is 4.89. The van der Waals surface area contributed by atoms with E-state index in [-0.39, 0.29) is 6.10 Å². The number of piperidine rings is 2. The molecule has 1 aliphatic carbocycles. The van der Waals surface area contributed by atoms with Crippen molar-refractivity contribution in [1.29, 1.82) is 0 Å². The first-order chi connectivity index (χ1) is 11.3. The third kappa shape index (κ3) is 4.91. The minimum atomic E-state index is -0.0730. The minimum absolute atomic E-state index is 0.0730. The highest BCUT2D eigenvalue weighted by Gasteiger charge is 2.32. The Morgan fingerprint density at radius 1 is 0.870 bits per heavy atom. The van der Waals surface area contributed by atoms with Gasteiger partial charge in [-0.2, -0.15) is 0 Å². The van der Waals surface area contributed by atoms with Crippen molar-refractivity contribution in [3.05, 3.63) is 0 Å². The molecule has 2 heterocycles. The van der Waals surface area contributed by atoms with Crippen molar-refractivity contribution in [1.82, 2.24) is 15.1 Å². The van der Waals surface area contributed by atoms with Gasteiger partial charge in [-0.05, 0) is 64.6 Å². The van der Waals surface area contributed by atoms with Crippen molar-refractivity contribution in [2.24, 2.45) is 0 Å². The molecule has 4 nitrogen and oxygen atoms in total. The molecule has 0 spiro atoms. The summed E-state index contributed by atoms with van der Waals surface area (Å²) in [6, 6.07) is 1.89. The summed E-state index contributed by atoms with van der Waals surface area (Å²) in [5.41, 5.74) is 0. The van der Waals surface area contributed by atoms with Crippen LogP contribution < -0.4 is 5.32 Å². The predicted octanol–water partition coefficient (Wildman–Crippen LogP) is 2.22. The van der Waals surface area contributed by atoms with Crippen molar-refractivity contribution in [3.63, 3.8) is 0 Å². The zero-order chi connectivity index (χ0) is 16.1. The Bertz CT molecular complexity index is 336. The van der Waals surface area contributed by atoms with Crippen LogP contribution in [0.2, 0.25) is 0 Å². The van der Waals surface area contributed by atoms with Crippen LogP contribution in [0.4, 0.5) is 0 Å². The Balaban J connectivity index is 1.36. The van der Waals surface area contributed by atoms with Gasteiger partial charge < -0.3 is 15.3 Å². The molecule has 3 aliphatic rings. The zero-order valence-electron chi connectivity index (χ0n) is 15.1. The van der Waals surface area contributed by atoms with Crippen LogP contribution in [0.25, 0.3) is 0 Å². The summed E-state index contributed by atoms with van der Waals surface area (Å²) in [6.07, 6.45) is 11.1. The molecule has 0 aromatic carbocycles. The van der Waals surface area contributed by atoms with E-state index in [2.05, 4.69) is 22.0 Å². The van der Waals surface area contributed by atoms with Gasteiger partial charge in [0.25, 0.3) is 0 Å². The van der Waals surface area contributed by atoms with Gasteiger partial charge in [-0.1, -0.05) is 19.8 Å². The summed E-state index contributed by atoms with van der Waals surface area (Å²) in [7, 11) is 0. The average Bonchev–Trinajstić information content (AvgIpc) is 2.58. The van der Waals surface area contributed by atoms with Gasteiger partial charge in [-0.15, -0.1) is 0 Å². The van der Waals surface area contributed by atoms with E-state index in [1.54, 1.807) is 0 Å². The summed E-state index contributed by atoms with van der Waals surface area (Å²) in [4.78, 5) is 5.19.